The Balaban J connectivity index is 0.00000256. The summed E-state index contributed by atoms with van der Waals surface area (Å²) in [5.41, 5.74) is 0. The number of benzene rings is 1. The van der Waals surface area contributed by atoms with Gasteiger partial charge in [0.2, 0.25) is 0 Å². The lowest BCUT2D eigenvalue weighted by Crippen LogP contribution is -2.30. The first-order valence-electron chi connectivity index (χ1n) is 4.68. The summed E-state index contributed by atoms with van der Waals surface area (Å²) in [6.45, 7) is 7.51. The van der Waals surface area contributed by atoms with Gasteiger partial charge in [-0.2, -0.15) is 13.5 Å². The first kappa shape index (κ1) is 15.6. The largest absolute Gasteiger partial charge is 0.368 e. The fourth-order valence-electron chi connectivity index (χ4n) is 1.05. The molecule has 0 radical (unpaired) electrons. The van der Waals surface area contributed by atoms with Crippen molar-refractivity contribution in [3.8, 4) is 0 Å². The Morgan fingerprint density at radius 3 is 2.41 bits per heavy atom. The summed E-state index contributed by atoms with van der Waals surface area (Å²) in [6, 6.07) is 8.11. The van der Waals surface area contributed by atoms with E-state index in [1.54, 1.807) is 24.3 Å². The highest BCUT2D eigenvalue weighted by molar-refractivity contribution is 7.89. The second-order valence-electron chi connectivity index (χ2n) is 3.07. The van der Waals surface area contributed by atoms with Crippen molar-refractivity contribution < 1.29 is 8.42 Å². The van der Waals surface area contributed by atoms with Gasteiger partial charge in [-0.25, -0.2) is 8.42 Å². The third-order valence-electron chi connectivity index (χ3n) is 1.77. The van der Waals surface area contributed by atoms with Crippen LogP contribution in [0, 0.1) is 0 Å². The van der Waals surface area contributed by atoms with Crippen molar-refractivity contribution in [2.75, 3.05) is 6.54 Å². The van der Waals surface area contributed by atoms with E-state index in [4.69, 9.17) is 0 Å². The van der Waals surface area contributed by atoms with Crippen LogP contribution in [0.15, 0.2) is 60.3 Å². The van der Waals surface area contributed by atoms with Crippen molar-refractivity contribution >= 4 is 23.5 Å². The molecule has 0 aliphatic rings. The Bertz CT molecular complexity index is 470. The van der Waals surface area contributed by atoms with Crippen LogP contribution in [0.25, 0.3) is 0 Å². The fraction of sp³-hybridized carbons (Fsp3) is 0.0909. The summed E-state index contributed by atoms with van der Waals surface area (Å²) < 4.78 is 25.9. The van der Waals surface area contributed by atoms with Crippen LogP contribution in [-0.2, 0) is 10.0 Å². The van der Waals surface area contributed by atoms with Gasteiger partial charge in [-0.3, -0.25) is 4.72 Å². The van der Waals surface area contributed by atoms with Crippen molar-refractivity contribution in [2.24, 2.45) is 0 Å². The minimum absolute atomic E-state index is 0. The Morgan fingerprint density at radius 1 is 1.29 bits per heavy atom. The zero-order valence-electron chi connectivity index (χ0n) is 9.31. The van der Waals surface area contributed by atoms with E-state index in [1.807, 2.05) is 0 Å². The van der Waals surface area contributed by atoms with Gasteiger partial charge >= 0.3 is 0 Å². The minimum Gasteiger partial charge on any atom is -0.368 e. The normalized spacial score (nSPS) is 9.88. The van der Waals surface area contributed by atoms with Gasteiger partial charge in [-0.15, -0.1) is 6.58 Å². The van der Waals surface area contributed by atoms with E-state index in [2.05, 4.69) is 23.2 Å². The van der Waals surface area contributed by atoms with Crippen molar-refractivity contribution in [2.45, 2.75) is 4.90 Å². The molecule has 0 aliphatic heterocycles. The maximum absolute atomic E-state index is 11.8. The maximum Gasteiger partial charge on any atom is 0.262 e. The smallest absolute Gasteiger partial charge is 0.262 e. The molecule has 0 aliphatic carbocycles. The van der Waals surface area contributed by atoms with E-state index in [1.165, 1.54) is 12.1 Å². The Kier molecular flexibility index (Phi) is 6.45. The van der Waals surface area contributed by atoms with Gasteiger partial charge < -0.3 is 5.32 Å². The molecule has 0 bridgehead atoms. The van der Waals surface area contributed by atoms with Gasteiger partial charge in [0.15, 0.2) is 0 Å². The van der Waals surface area contributed by atoms with Crippen molar-refractivity contribution in [1.82, 2.24) is 10.0 Å². The highest BCUT2D eigenvalue weighted by atomic mass is 32.2. The molecule has 2 N–H and O–H groups in total. The number of hydrogen-bond donors (Lipinski definition) is 2. The predicted octanol–water partition coefficient (Wildman–Crippen LogP) is 1.32. The summed E-state index contributed by atoms with van der Waals surface area (Å²) in [5, 5.41) is 2.76. The highest BCUT2D eigenvalue weighted by Crippen LogP contribution is 2.07. The minimum atomic E-state index is -3.54. The summed E-state index contributed by atoms with van der Waals surface area (Å²) in [6.07, 6.45) is 1.61. The van der Waals surface area contributed by atoms with Crippen molar-refractivity contribution in [1.29, 1.82) is 0 Å². The highest BCUT2D eigenvalue weighted by Gasteiger charge is 2.13. The van der Waals surface area contributed by atoms with Crippen LogP contribution in [0.3, 0.4) is 0 Å². The molecule has 4 nitrogen and oxygen atoms in total. The van der Waals surface area contributed by atoms with Gasteiger partial charge in [-0.1, -0.05) is 30.9 Å². The van der Waals surface area contributed by atoms with Gasteiger partial charge in [0, 0.05) is 6.54 Å². The van der Waals surface area contributed by atoms with Gasteiger partial charge in [-0.05, 0) is 12.1 Å². The van der Waals surface area contributed by atoms with Crippen LogP contribution in [0.2, 0.25) is 0 Å². The molecule has 1 rings (SSSR count). The molecule has 17 heavy (non-hydrogen) atoms. The van der Waals surface area contributed by atoms with E-state index in [-0.39, 0.29) is 24.2 Å². The number of nitrogens with one attached hydrogen (secondary N) is 2. The Hall–Kier alpha value is -1.40. The topological polar surface area (TPSA) is 58.2 Å². The molecule has 6 heteroatoms. The van der Waals surface area contributed by atoms with Gasteiger partial charge in [0.25, 0.3) is 10.0 Å². The number of hydrogen-bond acceptors (Lipinski definition) is 3. The summed E-state index contributed by atoms with van der Waals surface area (Å²) in [5.74, 6) is 0.226. The Labute approximate surface area is 109 Å². The molecule has 0 heterocycles. The molecule has 1 aromatic rings. The van der Waals surface area contributed by atoms with Crippen LogP contribution in [0.4, 0.5) is 0 Å². The zero-order valence-corrected chi connectivity index (χ0v) is 11.1. The summed E-state index contributed by atoms with van der Waals surface area (Å²) in [7, 11) is -3.54. The molecule has 0 saturated heterocycles. The van der Waals surface area contributed by atoms with Crippen molar-refractivity contribution in [3.05, 3.63) is 55.4 Å². The third-order valence-corrected chi connectivity index (χ3v) is 3.18. The molecule has 0 unspecified atom stereocenters. The second-order valence-corrected chi connectivity index (χ2v) is 4.75. The quantitative estimate of drug-likeness (QED) is 0.768. The number of sulfonamides is 1. The van der Waals surface area contributed by atoms with Crippen LogP contribution in [-0.4, -0.2) is 15.0 Å². The van der Waals surface area contributed by atoms with Gasteiger partial charge in [0.1, 0.15) is 5.82 Å². The van der Waals surface area contributed by atoms with Crippen molar-refractivity contribution in [3.63, 3.8) is 0 Å². The van der Waals surface area contributed by atoms with E-state index >= 15 is 0 Å². The SMILES string of the molecule is C=CCNC(=C)NS(=O)(=O)c1ccccc1.S. The average Bonchev–Trinajstić information content (AvgIpc) is 2.27. The second kappa shape index (κ2) is 7.03. The maximum atomic E-state index is 11.8. The summed E-state index contributed by atoms with van der Waals surface area (Å²) >= 11 is 0. The van der Waals surface area contributed by atoms with Crippen LogP contribution in [0.5, 0.6) is 0 Å². The molecule has 0 amide bonds. The lowest BCUT2D eigenvalue weighted by atomic mass is 10.4. The zero-order chi connectivity index (χ0) is 12.0. The van der Waals surface area contributed by atoms with Crippen LogP contribution >= 0.6 is 13.5 Å². The Morgan fingerprint density at radius 2 is 1.88 bits per heavy atom. The predicted molar refractivity (Wildman–Crippen MR) is 74.5 cm³/mol. The van der Waals surface area contributed by atoms with Gasteiger partial charge in [0.05, 0.1) is 4.90 Å². The first-order valence-corrected chi connectivity index (χ1v) is 6.16. The molecule has 0 fully saturated rings. The molecular formula is C11H16N2O2S2. The van der Waals surface area contributed by atoms with Crippen LogP contribution < -0.4 is 10.0 Å². The van der Waals surface area contributed by atoms with E-state index in [9.17, 15) is 8.42 Å². The lowest BCUT2D eigenvalue weighted by Gasteiger charge is -2.11. The van der Waals surface area contributed by atoms with E-state index < -0.39 is 10.0 Å². The first-order chi connectivity index (χ1) is 7.56. The van der Waals surface area contributed by atoms with Crippen LogP contribution in [0.1, 0.15) is 0 Å². The molecule has 1 aromatic carbocycles. The molecular weight excluding hydrogens is 256 g/mol. The monoisotopic (exact) mass is 272 g/mol. The van der Waals surface area contributed by atoms with E-state index in [0.717, 1.165) is 0 Å². The molecule has 0 saturated carbocycles. The number of rotatable bonds is 6. The standard InChI is InChI=1S/C11H14N2O2S.H2S/c1-3-9-12-10(2)13-16(14,15)11-7-5-4-6-8-11;/h3-8,12-13H,1-2,9H2;1H2. The molecule has 0 atom stereocenters. The average molecular weight is 272 g/mol. The molecule has 0 aromatic heterocycles. The molecule has 94 valence electrons. The van der Waals surface area contributed by atoms with E-state index in [0.29, 0.717) is 6.54 Å². The summed E-state index contributed by atoms with van der Waals surface area (Å²) in [4.78, 5) is 0.205. The third kappa shape index (κ3) is 4.97. The fourth-order valence-corrected chi connectivity index (χ4v) is 2.08. The molecule has 0 spiro atoms. The lowest BCUT2D eigenvalue weighted by molar-refractivity contribution is 0.585.